The summed E-state index contributed by atoms with van der Waals surface area (Å²) in [6.45, 7) is 8.64. The minimum atomic E-state index is -4.70. The van der Waals surface area contributed by atoms with E-state index in [1.54, 1.807) is 0 Å². The smallest absolute Gasteiger partial charge is 0.417 e. The Hall–Kier alpha value is -2.31. The number of rotatable bonds is 12. The van der Waals surface area contributed by atoms with Gasteiger partial charge in [-0.15, -0.1) is 0 Å². The zero-order valence-corrected chi connectivity index (χ0v) is 17.7. The lowest BCUT2D eigenvalue weighted by Crippen LogP contribution is -2.40. The van der Waals surface area contributed by atoms with E-state index in [0.29, 0.717) is 26.1 Å². The first-order chi connectivity index (χ1) is 14.1. The van der Waals surface area contributed by atoms with Crippen molar-refractivity contribution in [3.8, 4) is 11.8 Å². The summed E-state index contributed by atoms with van der Waals surface area (Å²) >= 11 is 0. The molecule has 0 saturated carbocycles. The molecule has 1 atom stereocenters. The average molecular weight is 430 g/mol. The third-order valence-electron chi connectivity index (χ3n) is 4.06. The van der Waals surface area contributed by atoms with Crippen molar-refractivity contribution >= 4 is 5.91 Å². The van der Waals surface area contributed by atoms with Gasteiger partial charge in [-0.3, -0.25) is 4.79 Å². The summed E-state index contributed by atoms with van der Waals surface area (Å²) in [7, 11) is 0. The Bertz CT molecular complexity index is 711. The molecule has 0 bridgehead atoms. The van der Waals surface area contributed by atoms with Crippen molar-refractivity contribution in [3.05, 3.63) is 29.3 Å². The van der Waals surface area contributed by atoms with E-state index >= 15 is 0 Å². The molecule has 1 amide bonds. The zero-order valence-electron chi connectivity index (χ0n) is 17.7. The third-order valence-corrected chi connectivity index (χ3v) is 4.06. The standard InChI is InChI=1S/C21H29F3N2O4/c1-5-28-19(29-6-2)9-10-26-20(27)18(11-14(3)4)30-16-8-7-15(13-25)17(12-16)21(22,23)24/h7-8,12,14,18-19H,5-6,9-11H2,1-4H3,(H,26,27). The summed E-state index contributed by atoms with van der Waals surface area (Å²) in [5.74, 6) is -0.488. The normalized spacial score (nSPS) is 12.7. The Morgan fingerprint density at radius 1 is 1.20 bits per heavy atom. The predicted octanol–water partition coefficient (Wildman–Crippen LogP) is 4.28. The molecule has 0 heterocycles. The van der Waals surface area contributed by atoms with Crippen molar-refractivity contribution in [1.82, 2.24) is 5.32 Å². The molecule has 1 N–H and O–H groups in total. The van der Waals surface area contributed by atoms with Gasteiger partial charge in [-0.1, -0.05) is 13.8 Å². The topological polar surface area (TPSA) is 80.6 Å². The van der Waals surface area contributed by atoms with Gasteiger partial charge < -0.3 is 19.5 Å². The highest BCUT2D eigenvalue weighted by atomic mass is 19.4. The molecule has 6 nitrogen and oxygen atoms in total. The van der Waals surface area contributed by atoms with Crippen LogP contribution in [0.3, 0.4) is 0 Å². The molecule has 0 fully saturated rings. The molecular weight excluding hydrogens is 401 g/mol. The van der Waals surface area contributed by atoms with Crippen LogP contribution in [0.5, 0.6) is 5.75 Å². The highest BCUT2D eigenvalue weighted by molar-refractivity contribution is 5.81. The Kier molecular flexibility index (Phi) is 10.6. The minimum absolute atomic E-state index is 0.0702. The Morgan fingerprint density at radius 3 is 2.33 bits per heavy atom. The first kappa shape index (κ1) is 25.7. The van der Waals surface area contributed by atoms with Gasteiger partial charge in [0.25, 0.3) is 5.91 Å². The molecule has 0 aliphatic heterocycles. The largest absolute Gasteiger partial charge is 0.481 e. The molecule has 1 unspecified atom stereocenters. The number of nitriles is 1. The van der Waals surface area contributed by atoms with Crippen LogP contribution in [-0.2, 0) is 20.4 Å². The number of carbonyl (C=O) groups excluding carboxylic acids is 1. The van der Waals surface area contributed by atoms with Crippen molar-refractivity contribution in [2.45, 2.75) is 59.1 Å². The van der Waals surface area contributed by atoms with Crippen molar-refractivity contribution in [3.63, 3.8) is 0 Å². The number of nitrogens with zero attached hydrogens (tertiary/aromatic N) is 1. The molecule has 9 heteroatoms. The van der Waals surface area contributed by atoms with E-state index < -0.39 is 35.6 Å². The number of nitrogens with one attached hydrogen (secondary N) is 1. The highest BCUT2D eigenvalue weighted by Crippen LogP contribution is 2.34. The fraction of sp³-hybridized carbons (Fsp3) is 0.619. The fourth-order valence-corrected chi connectivity index (χ4v) is 2.74. The summed E-state index contributed by atoms with van der Waals surface area (Å²) in [5.41, 5.74) is -1.60. The first-order valence-corrected chi connectivity index (χ1v) is 9.91. The Labute approximate surface area is 175 Å². The van der Waals surface area contributed by atoms with Crippen LogP contribution in [0, 0.1) is 17.2 Å². The second kappa shape index (κ2) is 12.4. The van der Waals surface area contributed by atoms with Crippen LogP contribution in [0.1, 0.15) is 51.7 Å². The molecule has 1 rings (SSSR count). The van der Waals surface area contributed by atoms with Gasteiger partial charge in [0.05, 0.1) is 17.2 Å². The van der Waals surface area contributed by atoms with Crippen LogP contribution in [0.15, 0.2) is 18.2 Å². The van der Waals surface area contributed by atoms with Crippen LogP contribution in [0.4, 0.5) is 13.2 Å². The van der Waals surface area contributed by atoms with E-state index in [9.17, 15) is 18.0 Å². The van der Waals surface area contributed by atoms with E-state index in [4.69, 9.17) is 19.5 Å². The zero-order chi connectivity index (χ0) is 22.7. The summed E-state index contributed by atoms with van der Waals surface area (Å²) in [6.07, 6.45) is -5.38. The van der Waals surface area contributed by atoms with Crippen LogP contribution in [0.25, 0.3) is 0 Å². The number of benzene rings is 1. The van der Waals surface area contributed by atoms with Gasteiger partial charge in [-0.05, 0) is 44.4 Å². The van der Waals surface area contributed by atoms with Crippen LogP contribution >= 0.6 is 0 Å². The first-order valence-electron chi connectivity index (χ1n) is 9.91. The Balaban J connectivity index is 2.87. The predicted molar refractivity (Wildman–Crippen MR) is 105 cm³/mol. The van der Waals surface area contributed by atoms with Gasteiger partial charge in [-0.25, -0.2) is 0 Å². The highest BCUT2D eigenvalue weighted by Gasteiger charge is 2.34. The summed E-state index contributed by atoms with van der Waals surface area (Å²) in [5, 5.41) is 11.6. The number of hydrogen-bond donors (Lipinski definition) is 1. The maximum Gasteiger partial charge on any atom is 0.417 e. The SMILES string of the molecule is CCOC(CCNC(=O)C(CC(C)C)Oc1ccc(C#N)c(C(F)(F)F)c1)OCC. The number of ether oxygens (including phenoxy) is 3. The van der Waals surface area contributed by atoms with Crippen molar-refractivity contribution < 1.29 is 32.2 Å². The van der Waals surface area contributed by atoms with Crippen molar-refractivity contribution in [2.75, 3.05) is 19.8 Å². The molecule has 1 aromatic carbocycles. The maximum absolute atomic E-state index is 13.2. The lowest BCUT2D eigenvalue weighted by atomic mass is 10.0. The summed E-state index contributed by atoms with van der Waals surface area (Å²) < 4.78 is 56.0. The van der Waals surface area contributed by atoms with E-state index in [1.165, 1.54) is 12.1 Å². The van der Waals surface area contributed by atoms with Crippen molar-refractivity contribution in [1.29, 1.82) is 5.26 Å². The summed E-state index contributed by atoms with van der Waals surface area (Å²) in [4.78, 5) is 12.6. The number of alkyl halides is 3. The maximum atomic E-state index is 13.2. The van der Waals surface area contributed by atoms with Gasteiger partial charge in [0, 0.05) is 26.2 Å². The molecule has 0 saturated heterocycles. The molecule has 1 aromatic rings. The quantitative estimate of drug-likeness (QED) is 0.501. The number of amides is 1. The molecule has 168 valence electrons. The molecule has 0 radical (unpaired) electrons. The molecule has 30 heavy (non-hydrogen) atoms. The molecule has 0 aliphatic rings. The van der Waals surface area contributed by atoms with Gasteiger partial charge in [0.15, 0.2) is 12.4 Å². The van der Waals surface area contributed by atoms with Gasteiger partial charge in [0.1, 0.15) is 5.75 Å². The van der Waals surface area contributed by atoms with E-state index in [0.717, 1.165) is 12.1 Å². The molecule has 0 aliphatic carbocycles. The third kappa shape index (κ3) is 8.59. The lowest BCUT2D eigenvalue weighted by molar-refractivity contribution is -0.141. The van der Waals surface area contributed by atoms with E-state index in [2.05, 4.69) is 5.32 Å². The Morgan fingerprint density at radius 2 is 1.83 bits per heavy atom. The second-order valence-electron chi connectivity index (χ2n) is 6.97. The average Bonchev–Trinajstić information content (AvgIpc) is 2.66. The number of hydrogen-bond acceptors (Lipinski definition) is 5. The van der Waals surface area contributed by atoms with Crippen molar-refractivity contribution in [2.24, 2.45) is 5.92 Å². The molecule has 0 aromatic heterocycles. The lowest BCUT2D eigenvalue weighted by Gasteiger charge is -2.22. The molecule has 0 spiro atoms. The summed E-state index contributed by atoms with van der Waals surface area (Å²) in [6, 6.07) is 4.57. The van der Waals surface area contributed by atoms with Gasteiger partial charge >= 0.3 is 6.18 Å². The molecular formula is C21H29F3N2O4. The van der Waals surface area contributed by atoms with Crippen LogP contribution < -0.4 is 10.1 Å². The van der Waals surface area contributed by atoms with Crippen LogP contribution in [-0.4, -0.2) is 38.1 Å². The van der Waals surface area contributed by atoms with Crippen LogP contribution in [0.2, 0.25) is 0 Å². The fourth-order valence-electron chi connectivity index (χ4n) is 2.74. The van der Waals surface area contributed by atoms with Gasteiger partial charge in [-0.2, -0.15) is 18.4 Å². The number of carbonyl (C=O) groups is 1. The number of halogens is 3. The van der Waals surface area contributed by atoms with E-state index in [1.807, 2.05) is 27.7 Å². The van der Waals surface area contributed by atoms with Gasteiger partial charge in [0.2, 0.25) is 0 Å². The monoisotopic (exact) mass is 430 g/mol. The second-order valence-corrected chi connectivity index (χ2v) is 6.97. The van der Waals surface area contributed by atoms with E-state index in [-0.39, 0.29) is 18.2 Å². The minimum Gasteiger partial charge on any atom is -0.481 e.